The number of anilines is 1. The molecule has 6 rings (SSSR count). The molecule has 21 nitrogen and oxygen atoms in total. The molecule has 1 unspecified atom stereocenters. The van der Waals surface area contributed by atoms with Crippen LogP contribution in [0, 0.1) is 0 Å². The molecule has 3 atom stereocenters. The van der Waals surface area contributed by atoms with Gasteiger partial charge in [0.05, 0.1) is 101 Å². The van der Waals surface area contributed by atoms with Gasteiger partial charge >= 0.3 is 6.09 Å². The summed E-state index contributed by atoms with van der Waals surface area (Å²) in [6, 6.07) is 5.95. The Balaban J connectivity index is 0.899. The van der Waals surface area contributed by atoms with Gasteiger partial charge in [-0.3, -0.25) is 29.1 Å². The van der Waals surface area contributed by atoms with E-state index in [1.165, 1.54) is 33.6 Å². The van der Waals surface area contributed by atoms with E-state index in [0.29, 0.717) is 118 Å². The average Bonchev–Trinajstić information content (AvgIpc) is 4.13. The Labute approximate surface area is 447 Å². The van der Waals surface area contributed by atoms with Crippen LogP contribution in [0.5, 0.6) is 23.0 Å². The number of likely N-dealkylation sites (tertiary alicyclic amines) is 1. The molecule has 2 aromatic rings. The van der Waals surface area contributed by atoms with Crippen LogP contribution in [0.2, 0.25) is 0 Å². The highest BCUT2D eigenvalue weighted by Gasteiger charge is 2.45. The van der Waals surface area contributed by atoms with Crippen LogP contribution in [-0.2, 0) is 28.5 Å². The van der Waals surface area contributed by atoms with E-state index in [1.807, 2.05) is 13.8 Å². The number of nitrogens with two attached hydrogens (primary N) is 2. The first-order valence-electron chi connectivity index (χ1n) is 25.3. The number of aliphatic imine (C=N–C) groups is 1. The number of hydrogen-bond acceptors (Lipinski definition) is 18. The fourth-order valence-corrected chi connectivity index (χ4v) is 11.1. The first kappa shape index (κ1) is 58.5. The number of methoxy groups -OCH3 is 2. The minimum absolute atomic E-state index is 0.0918. The van der Waals surface area contributed by atoms with Crippen LogP contribution in [0.25, 0.3) is 0 Å². The van der Waals surface area contributed by atoms with Crippen molar-refractivity contribution in [1.29, 1.82) is 0 Å². The molecule has 75 heavy (non-hydrogen) atoms. The smallest absolute Gasteiger partial charge is 0.412 e. The van der Waals surface area contributed by atoms with Gasteiger partial charge in [-0.2, -0.15) is 0 Å². The minimum atomic E-state index is -0.774. The van der Waals surface area contributed by atoms with Gasteiger partial charge in [-0.25, -0.2) is 4.79 Å². The highest BCUT2D eigenvalue weighted by atomic mass is 33.1. The third-order valence-electron chi connectivity index (χ3n) is 12.5. The molecule has 0 aliphatic carbocycles. The number of unbranched alkanes of at least 4 members (excludes halogenated alkanes) is 2. The lowest BCUT2D eigenvalue weighted by Crippen LogP contribution is -2.51. The van der Waals surface area contributed by atoms with E-state index in [9.17, 15) is 24.0 Å². The average molecular weight is 1080 g/mol. The van der Waals surface area contributed by atoms with E-state index in [4.69, 9.17) is 49.4 Å². The fraction of sp³-hybridized carbons (Fsp3) is 0.577. The summed E-state index contributed by atoms with van der Waals surface area (Å²) >= 11 is 0. The van der Waals surface area contributed by atoms with Gasteiger partial charge in [-0.05, 0) is 58.1 Å². The second-order valence-electron chi connectivity index (χ2n) is 18.9. The molecule has 4 heterocycles. The Bertz CT molecular complexity index is 2370. The van der Waals surface area contributed by atoms with Crippen LogP contribution in [0.3, 0.4) is 0 Å². The molecule has 23 heteroatoms. The van der Waals surface area contributed by atoms with Crippen molar-refractivity contribution in [2.24, 2.45) is 10.7 Å². The largest absolute Gasteiger partial charge is 0.493 e. The van der Waals surface area contributed by atoms with Crippen molar-refractivity contribution in [1.82, 2.24) is 25.3 Å². The quantitative estimate of drug-likeness (QED) is 0.0342. The number of carbonyl (C=O) groups excluding carboxylic acids is 5. The number of benzene rings is 2. The minimum Gasteiger partial charge on any atom is -0.493 e. The Hall–Kier alpha value is -5.72. The zero-order chi connectivity index (χ0) is 53.9. The van der Waals surface area contributed by atoms with Crippen molar-refractivity contribution in [3.8, 4) is 23.0 Å². The molecule has 4 aliphatic rings. The lowest BCUT2D eigenvalue weighted by atomic mass is 10.1. The maximum atomic E-state index is 14.3. The second-order valence-corrected chi connectivity index (χ2v) is 22.1. The monoisotopic (exact) mass is 1080 g/mol. The van der Waals surface area contributed by atoms with Crippen molar-refractivity contribution in [3.05, 3.63) is 59.7 Å². The summed E-state index contributed by atoms with van der Waals surface area (Å²) in [6.07, 6.45) is 4.27. The zero-order valence-corrected chi connectivity index (χ0v) is 45.3. The first-order valence-corrected chi connectivity index (χ1v) is 27.6. The summed E-state index contributed by atoms with van der Waals surface area (Å²) in [5.74, 6) is 1.47. The number of nitrogens with one attached hydrogen (secondary N) is 2. The van der Waals surface area contributed by atoms with Crippen molar-refractivity contribution >= 4 is 68.9 Å². The van der Waals surface area contributed by atoms with E-state index >= 15 is 0 Å². The highest BCUT2D eigenvalue weighted by molar-refractivity contribution is 8.77. The van der Waals surface area contributed by atoms with Crippen LogP contribution < -0.4 is 41.0 Å². The number of amides is 5. The SMILES string of the molecule is C=C1C[C@H]2C=Nc3cc(OCCCCCOc4cc(N)c(C(=O)N5CC(=C)C[C@H]5C5OCCN5C(=O)OCC(C)(C)SSCCC(=O)NCCNC(=O)CCOCCOCCN)cc4OC)c(OC)cc3C(=O)N2C1. The molecule has 6 N–H and O–H groups in total. The molecule has 412 valence electrons. The van der Waals surface area contributed by atoms with E-state index in [1.54, 1.807) is 47.4 Å². The van der Waals surface area contributed by atoms with Crippen LogP contribution in [0.15, 0.2) is 53.6 Å². The molecule has 0 saturated carbocycles. The van der Waals surface area contributed by atoms with Gasteiger partial charge < -0.3 is 69.8 Å². The Morgan fingerprint density at radius 2 is 1.49 bits per heavy atom. The third kappa shape index (κ3) is 16.9. The van der Waals surface area contributed by atoms with E-state index in [2.05, 4.69) is 28.8 Å². The van der Waals surface area contributed by atoms with Gasteiger partial charge in [0.1, 0.15) is 6.61 Å². The fourth-order valence-electron chi connectivity index (χ4n) is 8.68. The van der Waals surface area contributed by atoms with Crippen molar-refractivity contribution in [3.63, 3.8) is 0 Å². The highest BCUT2D eigenvalue weighted by Crippen LogP contribution is 2.40. The Kier molecular flexibility index (Phi) is 22.6. The van der Waals surface area contributed by atoms with Gasteiger partial charge in [0.15, 0.2) is 29.2 Å². The van der Waals surface area contributed by atoms with Crippen molar-refractivity contribution < 1.29 is 61.9 Å². The van der Waals surface area contributed by atoms with Crippen LogP contribution in [-0.4, -0.2) is 186 Å². The summed E-state index contributed by atoms with van der Waals surface area (Å²) in [5.41, 5.74) is 15.1. The zero-order valence-electron chi connectivity index (χ0n) is 43.7. The maximum Gasteiger partial charge on any atom is 0.412 e. The summed E-state index contributed by atoms with van der Waals surface area (Å²) in [4.78, 5) is 75.1. The van der Waals surface area contributed by atoms with E-state index < -0.39 is 23.1 Å². The Morgan fingerprint density at radius 1 is 0.827 bits per heavy atom. The third-order valence-corrected chi connectivity index (χ3v) is 15.7. The molecule has 3 saturated heterocycles. The molecule has 3 fully saturated rings. The number of fused-ring (bicyclic) bond motifs is 2. The van der Waals surface area contributed by atoms with E-state index in [-0.39, 0.29) is 86.7 Å². The van der Waals surface area contributed by atoms with Crippen LogP contribution in [0.4, 0.5) is 16.2 Å². The predicted octanol–water partition coefficient (Wildman–Crippen LogP) is 5.13. The number of nitrogen functional groups attached to an aromatic ring is 1. The van der Waals surface area contributed by atoms with Gasteiger partial charge in [-0.1, -0.05) is 45.9 Å². The first-order chi connectivity index (χ1) is 36.1. The van der Waals surface area contributed by atoms with Gasteiger partial charge in [0.25, 0.3) is 11.8 Å². The number of nitrogens with zero attached hydrogens (tertiary/aromatic N) is 4. The molecular formula is C52H74N8O13S2. The summed E-state index contributed by atoms with van der Waals surface area (Å²) in [5, 5.41) is 5.56. The Morgan fingerprint density at radius 3 is 2.20 bits per heavy atom. The molecular weight excluding hydrogens is 1010 g/mol. The molecule has 4 aliphatic heterocycles. The molecule has 0 bridgehead atoms. The molecule has 5 amide bonds. The molecule has 0 aromatic heterocycles. The summed E-state index contributed by atoms with van der Waals surface area (Å²) in [7, 11) is 6.05. The lowest BCUT2D eigenvalue weighted by Gasteiger charge is -2.33. The molecule has 0 radical (unpaired) electrons. The maximum absolute atomic E-state index is 14.3. The lowest BCUT2D eigenvalue weighted by molar-refractivity contribution is -0.123. The van der Waals surface area contributed by atoms with Gasteiger partial charge in [0, 0.05) is 75.4 Å². The topological polar surface area (TPSA) is 257 Å². The number of carbonyl (C=O) groups is 5. The van der Waals surface area contributed by atoms with Gasteiger partial charge in [-0.15, -0.1) is 0 Å². The number of hydrogen-bond donors (Lipinski definition) is 4. The van der Waals surface area contributed by atoms with Crippen LogP contribution in [0.1, 0.15) is 79.5 Å². The summed E-state index contributed by atoms with van der Waals surface area (Å²) < 4.78 is 45.5. The number of rotatable bonds is 30. The second kappa shape index (κ2) is 29.0. The predicted molar refractivity (Wildman–Crippen MR) is 288 cm³/mol. The van der Waals surface area contributed by atoms with Gasteiger partial charge in [0.2, 0.25) is 11.8 Å². The number of ether oxygens (including phenoxy) is 8. The van der Waals surface area contributed by atoms with Crippen molar-refractivity contribution in [2.45, 2.75) is 81.9 Å². The molecule has 2 aromatic carbocycles. The summed E-state index contributed by atoms with van der Waals surface area (Å²) in [6.45, 7) is 16.9. The van der Waals surface area contributed by atoms with Crippen molar-refractivity contribution in [2.75, 3.05) is 118 Å². The molecule has 0 spiro atoms. The van der Waals surface area contributed by atoms with Crippen LogP contribution >= 0.6 is 21.6 Å². The van der Waals surface area contributed by atoms with E-state index in [0.717, 1.165) is 24.0 Å². The standard InChI is InChI=1S/C52H74N8O13S2/c1-34-24-36-30-57-40-29-45(43(67-6)27-38(40)49(64)59(36)31-34)71-17-9-7-8-16-70-44-28-39(54)37(26-42(44)66-5)48(63)60-32-35(2)25-41(60)50-58(15-20-72-50)51(65)73-33-52(3,4)75-74-23-11-47(62)56-14-13-55-46(61)10-18-68-21-22-69-19-12-53/h26-30,36,41,50H,1-2,7-25,31-33,53-54H2,3-6H3,(H,55,61)(H,56,62)/t36-,41-,50?/m0/s1. The normalized spacial score (nSPS) is 18.2.